The summed E-state index contributed by atoms with van der Waals surface area (Å²) in [5.41, 5.74) is 3.64. The van der Waals surface area contributed by atoms with Crippen molar-refractivity contribution in [1.82, 2.24) is 4.57 Å². The van der Waals surface area contributed by atoms with Crippen molar-refractivity contribution in [3.05, 3.63) is 59.4 Å². The Morgan fingerprint density at radius 1 is 1.32 bits per heavy atom. The molecule has 1 aromatic heterocycles. The second-order valence-electron chi connectivity index (χ2n) is 5.08. The highest BCUT2D eigenvalue weighted by Crippen LogP contribution is 2.15. The van der Waals surface area contributed by atoms with Crippen LogP contribution in [0.3, 0.4) is 0 Å². The van der Waals surface area contributed by atoms with E-state index < -0.39 is 0 Å². The minimum Gasteiger partial charge on any atom is -0.471 e. The zero-order valence-corrected chi connectivity index (χ0v) is 11.3. The molecule has 0 spiro atoms. The molecular weight excluding hydrogens is 236 g/mol. The van der Waals surface area contributed by atoms with Crippen molar-refractivity contribution in [2.45, 2.75) is 26.5 Å². The minimum absolute atomic E-state index is 0.192. The maximum Gasteiger partial charge on any atom is 0.233 e. The standard InChI is InChI=1S/C16H18N2O/c1-12-5-3-6-14(9-12)11-18-8-4-7-15(18)16-17-10-13(2)19-16/h3-9,13H,10-11H2,1-2H3. The molecule has 0 fully saturated rings. The van der Waals surface area contributed by atoms with Gasteiger partial charge in [-0.3, -0.25) is 0 Å². The maximum atomic E-state index is 5.74. The average Bonchev–Trinajstić information content (AvgIpc) is 2.98. The van der Waals surface area contributed by atoms with E-state index in [2.05, 4.69) is 53.0 Å². The summed E-state index contributed by atoms with van der Waals surface area (Å²) < 4.78 is 7.92. The van der Waals surface area contributed by atoms with Gasteiger partial charge < -0.3 is 9.30 Å². The lowest BCUT2D eigenvalue weighted by atomic mass is 10.1. The first kappa shape index (κ1) is 12.0. The summed E-state index contributed by atoms with van der Waals surface area (Å²) >= 11 is 0. The molecule has 1 atom stereocenters. The van der Waals surface area contributed by atoms with E-state index >= 15 is 0 Å². The molecule has 0 radical (unpaired) electrons. The van der Waals surface area contributed by atoms with Crippen LogP contribution in [0, 0.1) is 6.92 Å². The number of ether oxygens (including phenoxy) is 1. The van der Waals surface area contributed by atoms with Gasteiger partial charge >= 0.3 is 0 Å². The normalized spacial score (nSPS) is 18.2. The molecule has 3 heteroatoms. The molecule has 3 nitrogen and oxygen atoms in total. The van der Waals surface area contributed by atoms with Gasteiger partial charge in [0.25, 0.3) is 0 Å². The van der Waals surface area contributed by atoms with Crippen molar-refractivity contribution in [2.24, 2.45) is 4.99 Å². The molecule has 0 aliphatic carbocycles. The Labute approximate surface area is 113 Å². The van der Waals surface area contributed by atoms with Crippen LogP contribution in [0.4, 0.5) is 0 Å². The summed E-state index contributed by atoms with van der Waals surface area (Å²) in [4.78, 5) is 4.45. The third-order valence-corrected chi connectivity index (χ3v) is 3.29. The molecule has 1 aromatic carbocycles. The molecule has 98 valence electrons. The minimum atomic E-state index is 0.192. The Hall–Kier alpha value is -2.03. The van der Waals surface area contributed by atoms with E-state index in [1.165, 1.54) is 11.1 Å². The van der Waals surface area contributed by atoms with E-state index in [-0.39, 0.29) is 6.10 Å². The highest BCUT2D eigenvalue weighted by Gasteiger charge is 2.19. The van der Waals surface area contributed by atoms with Crippen molar-refractivity contribution in [1.29, 1.82) is 0 Å². The van der Waals surface area contributed by atoms with Crippen LogP contribution in [0.2, 0.25) is 0 Å². The van der Waals surface area contributed by atoms with Gasteiger partial charge in [-0.05, 0) is 31.5 Å². The lowest BCUT2D eigenvalue weighted by Gasteiger charge is -2.11. The van der Waals surface area contributed by atoms with Crippen LogP contribution < -0.4 is 0 Å². The topological polar surface area (TPSA) is 26.5 Å². The van der Waals surface area contributed by atoms with Crippen LogP contribution >= 0.6 is 0 Å². The van der Waals surface area contributed by atoms with Gasteiger partial charge in [-0.1, -0.05) is 29.8 Å². The van der Waals surface area contributed by atoms with Crippen molar-refractivity contribution < 1.29 is 4.74 Å². The van der Waals surface area contributed by atoms with Crippen LogP contribution in [0.25, 0.3) is 0 Å². The lowest BCUT2D eigenvalue weighted by molar-refractivity contribution is 0.245. The highest BCUT2D eigenvalue weighted by atomic mass is 16.5. The maximum absolute atomic E-state index is 5.74. The van der Waals surface area contributed by atoms with Crippen LogP contribution in [0.15, 0.2) is 47.6 Å². The third-order valence-electron chi connectivity index (χ3n) is 3.29. The first-order valence-corrected chi connectivity index (χ1v) is 6.64. The molecule has 0 saturated carbocycles. The summed E-state index contributed by atoms with van der Waals surface area (Å²) in [6.45, 7) is 5.77. The smallest absolute Gasteiger partial charge is 0.233 e. The quantitative estimate of drug-likeness (QED) is 0.827. The largest absolute Gasteiger partial charge is 0.471 e. The molecule has 1 aliphatic heterocycles. The monoisotopic (exact) mass is 254 g/mol. The molecule has 0 amide bonds. The summed E-state index contributed by atoms with van der Waals surface area (Å²) in [6, 6.07) is 12.7. The Morgan fingerprint density at radius 2 is 2.21 bits per heavy atom. The van der Waals surface area contributed by atoms with E-state index in [1.807, 2.05) is 13.0 Å². The number of aliphatic imine (C=N–C) groups is 1. The third kappa shape index (κ3) is 2.55. The second kappa shape index (κ2) is 4.92. The number of hydrogen-bond acceptors (Lipinski definition) is 2. The van der Waals surface area contributed by atoms with Gasteiger partial charge in [0, 0.05) is 12.7 Å². The number of benzene rings is 1. The zero-order chi connectivity index (χ0) is 13.2. The molecule has 0 bridgehead atoms. The van der Waals surface area contributed by atoms with Crippen molar-refractivity contribution in [3.8, 4) is 0 Å². The number of nitrogens with zero attached hydrogens (tertiary/aromatic N) is 2. The fraction of sp³-hybridized carbons (Fsp3) is 0.312. The van der Waals surface area contributed by atoms with E-state index in [1.54, 1.807) is 0 Å². The molecule has 2 aromatic rings. The van der Waals surface area contributed by atoms with Crippen LogP contribution in [0.5, 0.6) is 0 Å². The number of aryl methyl sites for hydroxylation is 1. The zero-order valence-electron chi connectivity index (χ0n) is 11.3. The Kier molecular flexibility index (Phi) is 3.11. The summed E-state index contributed by atoms with van der Waals surface area (Å²) in [5, 5.41) is 0. The Bertz CT molecular complexity index is 613. The van der Waals surface area contributed by atoms with Crippen molar-refractivity contribution in [2.75, 3.05) is 6.54 Å². The molecule has 19 heavy (non-hydrogen) atoms. The van der Waals surface area contributed by atoms with E-state index in [0.29, 0.717) is 0 Å². The predicted octanol–water partition coefficient (Wildman–Crippen LogP) is 3.01. The van der Waals surface area contributed by atoms with Crippen molar-refractivity contribution in [3.63, 3.8) is 0 Å². The lowest BCUT2D eigenvalue weighted by Crippen LogP contribution is -2.13. The Morgan fingerprint density at radius 3 is 2.95 bits per heavy atom. The summed E-state index contributed by atoms with van der Waals surface area (Å²) in [7, 11) is 0. The van der Waals surface area contributed by atoms with Gasteiger partial charge in [0.15, 0.2) is 0 Å². The second-order valence-corrected chi connectivity index (χ2v) is 5.08. The van der Waals surface area contributed by atoms with Gasteiger partial charge in [-0.2, -0.15) is 0 Å². The number of rotatable bonds is 3. The SMILES string of the molecule is Cc1cccc(Cn2cccc2C2=NCC(C)O2)c1. The fourth-order valence-electron chi connectivity index (χ4n) is 2.37. The first-order valence-electron chi connectivity index (χ1n) is 6.64. The number of aromatic nitrogens is 1. The van der Waals surface area contributed by atoms with E-state index in [9.17, 15) is 0 Å². The molecule has 1 unspecified atom stereocenters. The van der Waals surface area contributed by atoms with Crippen molar-refractivity contribution >= 4 is 5.90 Å². The highest BCUT2D eigenvalue weighted by molar-refractivity contribution is 5.93. The van der Waals surface area contributed by atoms with Gasteiger partial charge in [0.05, 0.1) is 6.54 Å². The molecule has 1 aliphatic rings. The predicted molar refractivity (Wildman–Crippen MR) is 76.7 cm³/mol. The summed E-state index contributed by atoms with van der Waals surface area (Å²) in [5.74, 6) is 0.769. The van der Waals surface area contributed by atoms with Crippen LogP contribution in [-0.2, 0) is 11.3 Å². The fourth-order valence-corrected chi connectivity index (χ4v) is 2.37. The Balaban J connectivity index is 1.85. The summed E-state index contributed by atoms with van der Waals surface area (Å²) in [6.07, 6.45) is 2.27. The molecule has 3 rings (SSSR count). The van der Waals surface area contributed by atoms with E-state index in [4.69, 9.17) is 4.74 Å². The van der Waals surface area contributed by atoms with Crippen LogP contribution in [-0.4, -0.2) is 23.1 Å². The molecule has 0 N–H and O–H groups in total. The first-order chi connectivity index (χ1) is 9.22. The van der Waals surface area contributed by atoms with Gasteiger partial charge in [-0.25, -0.2) is 4.99 Å². The average molecular weight is 254 g/mol. The molecular formula is C16H18N2O. The molecule has 2 heterocycles. The van der Waals surface area contributed by atoms with Gasteiger partial charge in [-0.15, -0.1) is 0 Å². The van der Waals surface area contributed by atoms with Gasteiger partial charge in [0.1, 0.15) is 11.8 Å². The van der Waals surface area contributed by atoms with Crippen LogP contribution in [0.1, 0.15) is 23.7 Å². The molecule has 0 saturated heterocycles. The van der Waals surface area contributed by atoms with Gasteiger partial charge in [0.2, 0.25) is 5.90 Å². The number of hydrogen-bond donors (Lipinski definition) is 0. The van der Waals surface area contributed by atoms with E-state index in [0.717, 1.165) is 24.7 Å².